The summed E-state index contributed by atoms with van der Waals surface area (Å²) in [6, 6.07) is -0.0277. The summed E-state index contributed by atoms with van der Waals surface area (Å²) in [7, 11) is 0. The predicted octanol–water partition coefficient (Wildman–Crippen LogP) is -0.471. The molecule has 8 heteroatoms. The van der Waals surface area contributed by atoms with Gasteiger partial charge in [-0.25, -0.2) is 4.79 Å². The largest absolute Gasteiger partial charge is 0.409 e. The van der Waals surface area contributed by atoms with Gasteiger partial charge in [0.25, 0.3) is 0 Å². The summed E-state index contributed by atoms with van der Waals surface area (Å²) in [5.74, 6) is -0.0395. The smallest absolute Gasteiger partial charge is 0.317 e. The van der Waals surface area contributed by atoms with Crippen LogP contribution in [-0.4, -0.2) is 65.0 Å². The second kappa shape index (κ2) is 5.09. The van der Waals surface area contributed by atoms with E-state index in [1.807, 2.05) is 0 Å². The Hall–Kier alpha value is -1.99. The summed E-state index contributed by atoms with van der Waals surface area (Å²) >= 11 is 0. The van der Waals surface area contributed by atoms with E-state index in [2.05, 4.69) is 10.5 Å². The number of carbonyl (C=O) groups is 2. The molecule has 2 heterocycles. The van der Waals surface area contributed by atoms with Crippen LogP contribution >= 0.6 is 0 Å². The van der Waals surface area contributed by atoms with Gasteiger partial charge in [-0.05, 0) is 12.8 Å². The van der Waals surface area contributed by atoms with Gasteiger partial charge in [-0.1, -0.05) is 18.0 Å². The maximum absolute atomic E-state index is 12.9. The van der Waals surface area contributed by atoms with E-state index < -0.39 is 5.41 Å². The maximum Gasteiger partial charge on any atom is 0.317 e. The molecular formula is C13H21N5O3. The molecule has 0 aromatic rings. The average Bonchev–Trinajstić information content (AvgIpc) is 3.14. The second-order valence-electron chi connectivity index (χ2n) is 6.06. The third-order valence-electron chi connectivity index (χ3n) is 4.98. The molecule has 0 radical (unpaired) electrons. The number of amidine groups is 1. The first-order valence-electron chi connectivity index (χ1n) is 7.40. The zero-order valence-electron chi connectivity index (χ0n) is 11.9. The van der Waals surface area contributed by atoms with Crippen molar-refractivity contribution in [2.45, 2.75) is 31.7 Å². The van der Waals surface area contributed by atoms with Crippen molar-refractivity contribution < 1.29 is 14.8 Å². The number of oxime groups is 1. The van der Waals surface area contributed by atoms with Crippen LogP contribution in [0.1, 0.15) is 25.7 Å². The summed E-state index contributed by atoms with van der Waals surface area (Å²) in [5, 5.41) is 14.9. The van der Waals surface area contributed by atoms with Crippen LogP contribution in [0.5, 0.6) is 0 Å². The lowest BCUT2D eigenvalue weighted by Gasteiger charge is -2.40. The zero-order chi connectivity index (χ0) is 15.0. The van der Waals surface area contributed by atoms with E-state index in [4.69, 9.17) is 10.9 Å². The quantitative estimate of drug-likeness (QED) is 0.277. The number of carbonyl (C=O) groups excluding carboxylic acids is 2. The number of nitrogens with one attached hydrogen (secondary N) is 1. The molecule has 3 fully saturated rings. The lowest BCUT2D eigenvalue weighted by Crippen LogP contribution is -2.58. The predicted molar refractivity (Wildman–Crippen MR) is 74.8 cm³/mol. The Morgan fingerprint density at radius 3 is 2.76 bits per heavy atom. The lowest BCUT2D eigenvalue weighted by atomic mass is 9.83. The Bertz CT molecular complexity index is 486. The highest BCUT2D eigenvalue weighted by molar-refractivity contribution is 6.07. The molecule has 21 heavy (non-hydrogen) atoms. The number of hydrogen-bond donors (Lipinski definition) is 3. The average molecular weight is 295 g/mol. The maximum atomic E-state index is 12.9. The van der Waals surface area contributed by atoms with Crippen LogP contribution in [0.3, 0.4) is 0 Å². The molecule has 0 aromatic carbocycles. The number of fused-ring (bicyclic) bond motifs is 1. The van der Waals surface area contributed by atoms with Gasteiger partial charge in [0, 0.05) is 26.2 Å². The van der Waals surface area contributed by atoms with E-state index in [0.29, 0.717) is 39.0 Å². The molecule has 0 aromatic heterocycles. The zero-order valence-corrected chi connectivity index (χ0v) is 11.9. The van der Waals surface area contributed by atoms with Gasteiger partial charge >= 0.3 is 6.03 Å². The Morgan fingerprint density at radius 2 is 2.10 bits per heavy atom. The van der Waals surface area contributed by atoms with Crippen LogP contribution in [0.25, 0.3) is 0 Å². The second-order valence-corrected chi connectivity index (χ2v) is 6.06. The van der Waals surface area contributed by atoms with Gasteiger partial charge in [-0.15, -0.1) is 0 Å². The fraction of sp³-hybridized carbons (Fsp3) is 0.769. The summed E-state index contributed by atoms with van der Waals surface area (Å²) in [5.41, 5.74) is 4.97. The van der Waals surface area contributed by atoms with Crippen molar-refractivity contribution in [3.05, 3.63) is 0 Å². The fourth-order valence-electron chi connectivity index (χ4n) is 3.74. The lowest BCUT2D eigenvalue weighted by molar-refractivity contribution is -0.140. The van der Waals surface area contributed by atoms with Crippen LogP contribution in [-0.2, 0) is 4.79 Å². The Labute approximate surface area is 122 Å². The van der Waals surface area contributed by atoms with Gasteiger partial charge in [0.1, 0.15) is 5.41 Å². The van der Waals surface area contributed by atoms with Gasteiger partial charge in [0.15, 0.2) is 5.84 Å². The number of nitrogens with zero attached hydrogens (tertiary/aromatic N) is 3. The Morgan fingerprint density at radius 1 is 1.38 bits per heavy atom. The molecule has 116 valence electrons. The SMILES string of the molecule is NC(=NO)C1(C(=O)N2CCN3C(=O)NCC3C2)CCCC1. The van der Waals surface area contributed by atoms with E-state index in [1.165, 1.54) is 0 Å². The minimum Gasteiger partial charge on any atom is -0.409 e. The van der Waals surface area contributed by atoms with Crippen molar-refractivity contribution in [1.29, 1.82) is 0 Å². The number of piperazine rings is 1. The third kappa shape index (κ3) is 2.09. The molecule has 2 aliphatic heterocycles. The first-order valence-corrected chi connectivity index (χ1v) is 7.40. The number of hydrogen-bond acceptors (Lipinski definition) is 4. The molecule has 3 rings (SSSR count). The molecule has 2 saturated heterocycles. The van der Waals surface area contributed by atoms with Crippen LogP contribution < -0.4 is 11.1 Å². The summed E-state index contributed by atoms with van der Waals surface area (Å²) in [6.07, 6.45) is 3.07. The van der Waals surface area contributed by atoms with E-state index >= 15 is 0 Å². The van der Waals surface area contributed by atoms with Gasteiger partial charge in [0.05, 0.1) is 6.04 Å². The van der Waals surface area contributed by atoms with Crippen molar-refractivity contribution in [2.24, 2.45) is 16.3 Å². The monoisotopic (exact) mass is 295 g/mol. The molecule has 8 nitrogen and oxygen atoms in total. The van der Waals surface area contributed by atoms with Crippen LogP contribution in [0.2, 0.25) is 0 Å². The highest BCUT2D eigenvalue weighted by Gasteiger charge is 2.49. The Kier molecular flexibility index (Phi) is 3.38. The number of amides is 3. The van der Waals surface area contributed by atoms with Gasteiger partial charge < -0.3 is 26.1 Å². The molecular weight excluding hydrogens is 274 g/mol. The number of rotatable bonds is 2. The molecule has 1 atom stereocenters. The minimum absolute atomic E-state index is 0.0213. The highest BCUT2D eigenvalue weighted by atomic mass is 16.4. The number of nitrogens with two attached hydrogens (primary N) is 1. The van der Waals surface area contributed by atoms with Gasteiger partial charge in [0.2, 0.25) is 5.91 Å². The van der Waals surface area contributed by atoms with Crippen molar-refractivity contribution in [2.75, 3.05) is 26.2 Å². The first kappa shape index (κ1) is 14.0. The highest BCUT2D eigenvalue weighted by Crippen LogP contribution is 2.40. The molecule has 3 amide bonds. The molecule has 4 N–H and O–H groups in total. The fourth-order valence-corrected chi connectivity index (χ4v) is 3.74. The van der Waals surface area contributed by atoms with E-state index in [-0.39, 0.29) is 23.8 Å². The molecule has 1 saturated carbocycles. The minimum atomic E-state index is -0.854. The van der Waals surface area contributed by atoms with E-state index in [9.17, 15) is 9.59 Å². The third-order valence-corrected chi connectivity index (χ3v) is 4.98. The molecule has 1 aliphatic carbocycles. The van der Waals surface area contributed by atoms with E-state index in [1.54, 1.807) is 9.80 Å². The molecule has 3 aliphatic rings. The van der Waals surface area contributed by atoms with Crippen LogP contribution in [0.15, 0.2) is 5.16 Å². The molecule has 0 spiro atoms. The summed E-state index contributed by atoms with van der Waals surface area (Å²) < 4.78 is 0. The van der Waals surface area contributed by atoms with Crippen LogP contribution in [0, 0.1) is 5.41 Å². The van der Waals surface area contributed by atoms with Crippen molar-refractivity contribution in [3.8, 4) is 0 Å². The molecule has 0 bridgehead atoms. The summed E-state index contributed by atoms with van der Waals surface area (Å²) in [6.45, 7) is 2.12. The topological polar surface area (TPSA) is 111 Å². The summed E-state index contributed by atoms with van der Waals surface area (Å²) in [4.78, 5) is 28.1. The van der Waals surface area contributed by atoms with Crippen molar-refractivity contribution in [3.63, 3.8) is 0 Å². The van der Waals surface area contributed by atoms with E-state index in [0.717, 1.165) is 12.8 Å². The standard InChI is InChI=1S/C13H21N5O3/c14-10(16-21)13(3-1-2-4-13)11(19)17-5-6-18-9(8-17)7-15-12(18)20/h9,21H,1-8H2,(H2,14,16)(H,15,20). The number of urea groups is 1. The Balaban J connectivity index is 1.77. The van der Waals surface area contributed by atoms with Gasteiger partial charge in [-0.2, -0.15) is 0 Å². The van der Waals surface area contributed by atoms with Crippen LogP contribution in [0.4, 0.5) is 4.79 Å². The normalized spacial score (nSPS) is 28.5. The van der Waals surface area contributed by atoms with Gasteiger partial charge in [-0.3, -0.25) is 4.79 Å². The van der Waals surface area contributed by atoms with Crippen molar-refractivity contribution in [1.82, 2.24) is 15.1 Å². The van der Waals surface area contributed by atoms with Crippen molar-refractivity contribution >= 4 is 17.8 Å². The first-order chi connectivity index (χ1) is 10.1. The molecule has 1 unspecified atom stereocenters.